The van der Waals surface area contributed by atoms with Gasteiger partial charge in [-0.3, -0.25) is 0 Å². The molecule has 1 aliphatic carbocycles. The number of aromatic amines is 1. The highest BCUT2D eigenvalue weighted by atomic mass is 16.5. The van der Waals surface area contributed by atoms with Crippen LogP contribution in [-0.2, 0) is 6.42 Å². The number of aryl methyl sites for hydroxylation is 1. The molecule has 1 aromatic heterocycles. The van der Waals surface area contributed by atoms with Gasteiger partial charge >= 0.3 is 5.97 Å². The van der Waals surface area contributed by atoms with Gasteiger partial charge in [0.05, 0.1) is 12.1 Å². The van der Waals surface area contributed by atoms with E-state index >= 15 is 0 Å². The van der Waals surface area contributed by atoms with Gasteiger partial charge in [-0.05, 0) is 59.7 Å². The predicted molar refractivity (Wildman–Crippen MR) is 154 cm³/mol. The quantitative estimate of drug-likeness (QED) is 0.208. The fourth-order valence-electron chi connectivity index (χ4n) is 6.20. The smallest absolute Gasteiger partial charge is 0.352 e. The van der Waals surface area contributed by atoms with Crippen molar-refractivity contribution in [3.05, 3.63) is 102 Å². The second-order valence-electron chi connectivity index (χ2n) is 10.4. The van der Waals surface area contributed by atoms with E-state index < -0.39 is 5.97 Å². The Hall–Kier alpha value is -4.05. The Kier molecular flexibility index (Phi) is 6.87. The molecule has 192 valence electrons. The number of rotatable bonds is 8. The number of carboxylic acids is 1. The van der Waals surface area contributed by atoms with Gasteiger partial charge in [0, 0.05) is 16.3 Å². The molecule has 1 saturated carbocycles. The van der Waals surface area contributed by atoms with Crippen molar-refractivity contribution in [2.75, 3.05) is 6.61 Å². The number of hydrogen-bond donors (Lipinski definition) is 2. The van der Waals surface area contributed by atoms with Gasteiger partial charge in [-0.2, -0.15) is 0 Å². The lowest BCUT2D eigenvalue weighted by atomic mass is 9.80. The number of ether oxygens (including phenoxy) is 1. The Morgan fingerprint density at radius 3 is 2.39 bits per heavy atom. The van der Waals surface area contributed by atoms with Crippen molar-refractivity contribution in [1.82, 2.24) is 4.98 Å². The number of nitrogens with one attached hydrogen (secondary N) is 1. The van der Waals surface area contributed by atoms with Crippen molar-refractivity contribution in [2.45, 2.75) is 50.9 Å². The van der Waals surface area contributed by atoms with Crippen LogP contribution in [0.1, 0.15) is 66.1 Å². The van der Waals surface area contributed by atoms with E-state index in [1.54, 1.807) is 0 Å². The Balaban J connectivity index is 1.29. The normalized spacial score (nSPS) is 14.2. The number of carbonyl (C=O) groups is 1. The molecule has 0 spiro atoms. The molecule has 4 heteroatoms. The summed E-state index contributed by atoms with van der Waals surface area (Å²) in [6.45, 7) is 0.518. The highest BCUT2D eigenvalue weighted by Gasteiger charge is 2.23. The van der Waals surface area contributed by atoms with E-state index in [4.69, 9.17) is 4.74 Å². The summed E-state index contributed by atoms with van der Waals surface area (Å²) < 4.78 is 6.15. The first kappa shape index (κ1) is 24.3. The highest BCUT2D eigenvalue weighted by molar-refractivity contribution is 6.03. The van der Waals surface area contributed by atoms with Crippen LogP contribution in [0.3, 0.4) is 0 Å². The van der Waals surface area contributed by atoms with Crippen LogP contribution >= 0.6 is 0 Å². The summed E-state index contributed by atoms with van der Waals surface area (Å²) in [5, 5.41) is 13.3. The van der Waals surface area contributed by atoms with Crippen LogP contribution < -0.4 is 4.74 Å². The molecule has 1 fully saturated rings. The van der Waals surface area contributed by atoms with Crippen molar-refractivity contribution in [3.8, 4) is 16.9 Å². The zero-order chi connectivity index (χ0) is 25.9. The molecule has 4 nitrogen and oxygen atoms in total. The van der Waals surface area contributed by atoms with Crippen LogP contribution in [0.25, 0.3) is 32.8 Å². The molecule has 4 aromatic carbocycles. The second kappa shape index (κ2) is 10.7. The Bertz CT molecular complexity index is 1590. The fourth-order valence-corrected chi connectivity index (χ4v) is 6.20. The van der Waals surface area contributed by atoms with E-state index in [2.05, 4.69) is 59.6 Å². The van der Waals surface area contributed by atoms with Crippen LogP contribution in [0.2, 0.25) is 0 Å². The highest BCUT2D eigenvalue weighted by Crippen LogP contribution is 2.40. The first-order valence-corrected chi connectivity index (χ1v) is 13.8. The SMILES string of the molecule is O=C(O)c1[nH]c2c(-c3ccccc3C3CCCCC3)cccc2c1CCCOc1cccc2ccccc12. The van der Waals surface area contributed by atoms with Gasteiger partial charge < -0.3 is 14.8 Å². The molecule has 0 amide bonds. The number of para-hydroxylation sites is 1. The Morgan fingerprint density at radius 1 is 0.816 bits per heavy atom. The number of carboxylic acid groups (broad SMARTS) is 1. The third-order valence-electron chi connectivity index (χ3n) is 8.03. The van der Waals surface area contributed by atoms with Gasteiger partial charge in [0.2, 0.25) is 0 Å². The van der Waals surface area contributed by atoms with E-state index in [0.717, 1.165) is 45.0 Å². The van der Waals surface area contributed by atoms with Crippen molar-refractivity contribution in [3.63, 3.8) is 0 Å². The summed E-state index contributed by atoms with van der Waals surface area (Å²) in [5.41, 5.74) is 5.74. The molecule has 6 rings (SSSR count). The zero-order valence-corrected chi connectivity index (χ0v) is 21.6. The van der Waals surface area contributed by atoms with E-state index in [-0.39, 0.29) is 5.69 Å². The molecule has 5 aromatic rings. The molecule has 0 saturated heterocycles. The first-order chi connectivity index (χ1) is 18.7. The van der Waals surface area contributed by atoms with Crippen molar-refractivity contribution < 1.29 is 14.6 Å². The predicted octanol–water partition coefficient (Wildman–Crippen LogP) is 8.75. The summed E-state index contributed by atoms with van der Waals surface area (Å²) in [7, 11) is 0. The maximum absolute atomic E-state index is 12.3. The van der Waals surface area contributed by atoms with Gasteiger partial charge in [-0.15, -0.1) is 0 Å². The molecule has 0 radical (unpaired) electrons. The standard InChI is InChI=1S/C34H33NO3/c36-34(37)33-30(20-10-22-38-31-21-8-14-24-13-4-5-16-26(24)31)29-19-9-18-28(32(29)35-33)27-17-7-6-15-25(27)23-11-2-1-3-12-23/h4-9,13-19,21,23,35H,1-3,10-12,20,22H2,(H,36,37). The average molecular weight is 504 g/mol. The molecule has 2 N–H and O–H groups in total. The molecule has 0 aliphatic heterocycles. The number of H-pyrrole nitrogens is 1. The molecule has 0 unspecified atom stereocenters. The topological polar surface area (TPSA) is 62.3 Å². The minimum absolute atomic E-state index is 0.285. The van der Waals surface area contributed by atoms with Crippen molar-refractivity contribution in [2.24, 2.45) is 0 Å². The van der Waals surface area contributed by atoms with Gasteiger partial charge in [-0.25, -0.2) is 4.79 Å². The number of benzene rings is 4. The van der Waals surface area contributed by atoms with Crippen LogP contribution in [0.5, 0.6) is 5.75 Å². The van der Waals surface area contributed by atoms with Crippen LogP contribution in [0.4, 0.5) is 0 Å². The summed E-state index contributed by atoms with van der Waals surface area (Å²) in [6.07, 6.45) is 7.67. The van der Waals surface area contributed by atoms with E-state index in [1.807, 2.05) is 30.3 Å². The number of hydrogen-bond acceptors (Lipinski definition) is 2. The largest absolute Gasteiger partial charge is 0.493 e. The van der Waals surface area contributed by atoms with Gasteiger partial charge in [-0.1, -0.05) is 98.1 Å². The van der Waals surface area contributed by atoms with Gasteiger partial charge in [0.25, 0.3) is 0 Å². The third kappa shape index (κ3) is 4.67. The van der Waals surface area contributed by atoms with Gasteiger partial charge in [0.15, 0.2) is 0 Å². The minimum atomic E-state index is -0.919. The maximum Gasteiger partial charge on any atom is 0.352 e. The van der Waals surface area contributed by atoms with Crippen molar-refractivity contribution >= 4 is 27.6 Å². The lowest BCUT2D eigenvalue weighted by Gasteiger charge is -2.24. The maximum atomic E-state index is 12.3. The Morgan fingerprint density at radius 2 is 1.53 bits per heavy atom. The number of aromatic nitrogens is 1. The van der Waals surface area contributed by atoms with Crippen LogP contribution in [0, 0.1) is 0 Å². The zero-order valence-electron chi connectivity index (χ0n) is 21.6. The summed E-state index contributed by atoms with van der Waals surface area (Å²) in [5.74, 6) is 0.509. The number of aromatic carboxylic acids is 1. The summed E-state index contributed by atoms with van der Waals surface area (Å²) in [6, 6.07) is 29.2. The lowest BCUT2D eigenvalue weighted by Crippen LogP contribution is -2.06. The molecular weight excluding hydrogens is 470 g/mol. The second-order valence-corrected chi connectivity index (χ2v) is 10.4. The average Bonchev–Trinajstić information content (AvgIpc) is 3.35. The summed E-state index contributed by atoms with van der Waals surface area (Å²) in [4.78, 5) is 15.6. The van der Waals surface area contributed by atoms with Crippen LogP contribution in [0.15, 0.2) is 84.9 Å². The third-order valence-corrected chi connectivity index (χ3v) is 8.03. The lowest BCUT2D eigenvalue weighted by molar-refractivity contribution is 0.0690. The van der Waals surface area contributed by atoms with E-state index in [0.29, 0.717) is 18.9 Å². The van der Waals surface area contributed by atoms with Gasteiger partial charge in [0.1, 0.15) is 11.4 Å². The molecular formula is C34H33NO3. The van der Waals surface area contributed by atoms with E-state index in [1.165, 1.54) is 43.2 Å². The molecule has 1 aliphatic rings. The van der Waals surface area contributed by atoms with E-state index in [9.17, 15) is 9.90 Å². The first-order valence-electron chi connectivity index (χ1n) is 13.8. The monoisotopic (exact) mass is 503 g/mol. The Labute approximate surface area is 223 Å². The fraction of sp³-hybridized carbons (Fsp3) is 0.265. The molecule has 1 heterocycles. The number of fused-ring (bicyclic) bond motifs is 2. The molecule has 38 heavy (non-hydrogen) atoms. The van der Waals surface area contributed by atoms with Crippen molar-refractivity contribution in [1.29, 1.82) is 0 Å². The van der Waals surface area contributed by atoms with Crippen LogP contribution in [-0.4, -0.2) is 22.7 Å². The molecule has 0 atom stereocenters. The minimum Gasteiger partial charge on any atom is -0.493 e. The molecule has 0 bridgehead atoms. The summed E-state index contributed by atoms with van der Waals surface area (Å²) >= 11 is 0.